The predicted octanol–water partition coefficient (Wildman–Crippen LogP) is 1.79. The van der Waals surface area contributed by atoms with E-state index >= 15 is 0 Å². The van der Waals surface area contributed by atoms with Crippen LogP contribution in [-0.2, 0) is 19.6 Å². The average molecular weight is 372 g/mol. The van der Waals surface area contributed by atoms with Crippen LogP contribution in [0, 0.1) is 13.8 Å². The van der Waals surface area contributed by atoms with Crippen molar-refractivity contribution in [3.63, 3.8) is 0 Å². The zero-order valence-corrected chi connectivity index (χ0v) is 14.9. The van der Waals surface area contributed by atoms with Gasteiger partial charge in [0.1, 0.15) is 0 Å². The summed E-state index contributed by atoms with van der Waals surface area (Å²) in [7, 11) is -3.89. The summed E-state index contributed by atoms with van der Waals surface area (Å²) >= 11 is 0. The maximum atomic E-state index is 12.7. The van der Waals surface area contributed by atoms with Crippen molar-refractivity contribution < 1.29 is 23.1 Å². The standard InChI is InChI=1S/C18H16N2O5S/c1-10-3-4-12(9-11(10)2)15-16(21)18(23)20(17(15)22)13-5-7-14(8-6-13)26(19,24)25/h3-9,21H,1-2H3,(H2,19,24,25). The number of benzene rings is 2. The molecular weight excluding hydrogens is 356 g/mol. The van der Waals surface area contributed by atoms with Gasteiger partial charge in [-0.2, -0.15) is 0 Å². The second-order valence-electron chi connectivity index (χ2n) is 6.01. The Morgan fingerprint density at radius 2 is 1.54 bits per heavy atom. The highest BCUT2D eigenvalue weighted by Gasteiger charge is 2.40. The van der Waals surface area contributed by atoms with Crippen molar-refractivity contribution in [3.8, 4) is 0 Å². The van der Waals surface area contributed by atoms with Crippen molar-refractivity contribution in [1.82, 2.24) is 0 Å². The van der Waals surface area contributed by atoms with Crippen LogP contribution in [-0.4, -0.2) is 25.3 Å². The summed E-state index contributed by atoms with van der Waals surface area (Å²) in [5, 5.41) is 15.2. The highest BCUT2D eigenvalue weighted by molar-refractivity contribution is 7.89. The molecule has 0 aromatic heterocycles. The molecular formula is C18H16N2O5S. The number of anilines is 1. The molecule has 0 spiro atoms. The monoisotopic (exact) mass is 372 g/mol. The first-order chi connectivity index (χ1) is 12.1. The smallest absolute Gasteiger partial charge is 0.301 e. The summed E-state index contributed by atoms with van der Waals surface area (Å²) < 4.78 is 22.6. The Morgan fingerprint density at radius 1 is 0.923 bits per heavy atom. The van der Waals surface area contributed by atoms with Crippen LogP contribution in [0.2, 0.25) is 0 Å². The molecule has 1 aliphatic rings. The van der Waals surface area contributed by atoms with E-state index in [1.165, 1.54) is 24.3 Å². The van der Waals surface area contributed by atoms with Crippen LogP contribution in [0.4, 0.5) is 5.69 Å². The summed E-state index contributed by atoms with van der Waals surface area (Å²) in [5.41, 5.74) is 2.42. The molecule has 3 N–H and O–H groups in total. The second kappa shape index (κ2) is 6.08. The quantitative estimate of drug-likeness (QED) is 0.797. The minimum absolute atomic E-state index is 0.0892. The molecule has 26 heavy (non-hydrogen) atoms. The molecule has 0 bridgehead atoms. The van der Waals surface area contributed by atoms with Crippen molar-refractivity contribution in [2.24, 2.45) is 5.14 Å². The Hall–Kier alpha value is -2.97. The zero-order valence-electron chi connectivity index (χ0n) is 14.1. The molecule has 2 aromatic carbocycles. The SMILES string of the molecule is Cc1ccc(C2=C(O)C(=O)N(c3ccc(S(N)(=O)=O)cc3)C2=O)cc1C. The first-order valence-corrected chi connectivity index (χ1v) is 9.18. The Morgan fingerprint density at radius 3 is 2.08 bits per heavy atom. The van der Waals surface area contributed by atoms with E-state index in [1.807, 2.05) is 13.8 Å². The number of hydrogen-bond acceptors (Lipinski definition) is 5. The van der Waals surface area contributed by atoms with E-state index in [-0.39, 0.29) is 16.2 Å². The number of imide groups is 1. The molecule has 0 atom stereocenters. The normalized spacial score (nSPS) is 15.1. The molecule has 1 aliphatic heterocycles. The van der Waals surface area contributed by atoms with Gasteiger partial charge in [0.15, 0.2) is 5.76 Å². The molecule has 0 radical (unpaired) electrons. The lowest BCUT2D eigenvalue weighted by atomic mass is 10.00. The number of nitrogens with zero attached hydrogens (tertiary/aromatic N) is 1. The number of aliphatic hydroxyl groups is 1. The fourth-order valence-electron chi connectivity index (χ4n) is 2.69. The van der Waals surface area contributed by atoms with Gasteiger partial charge < -0.3 is 5.11 Å². The van der Waals surface area contributed by atoms with Gasteiger partial charge in [0.2, 0.25) is 10.0 Å². The van der Waals surface area contributed by atoms with Gasteiger partial charge in [-0.05, 0) is 54.8 Å². The van der Waals surface area contributed by atoms with E-state index in [9.17, 15) is 23.1 Å². The summed E-state index contributed by atoms with van der Waals surface area (Å²) in [6.07, 6.45) is 0. The van der Waals surface area contributed by atoms with Crippen molar-refractivity contribution in [1.29, 1.82) is 0 Å². The lowest BCUT2D eigenvalue weighted by molar-refractivity contribution is -0.121. The van der Waals surface area contributed by atoms with E-state index in [1.54, 1.807) is 18.2 Å². The number of aryl methyl sites for hydroxylation is 2. The van der Waals surface area contributed by atoms with Gasteiger partial charge in [-0.1, -0.05) is 18.2 Å². The van der Waals surface area contributed by atoms with Gasteiger partial charge in [0.05, 0.1) is 16.2 Å². The van der Waals surface area contributed by atoms with Crippen LogP contribution in [0.3, 0.4) is 0 Å². The average Bonchev–Trinajstić information content (AvgIpc) is 2.79. The molecule has 0 aliphatic carbocycles. The van der Waals surface area contributed by atoms with E-state index in [2.05, 4.69) is 0 Å². The third-order valence-electron chi connectivity index (χ3n) is 4.28. The lowest BCUT2D eigenvalue weighted by Gasteiger charge is -2.15. The minimum Gasteiger partial charge on any atom is -0.502 e. The molecule has 1 heterocycles. The summed E-state index contributed by atoms with van der Waals surface area (Å²) in [5.74, 6) is -2.19. The van der Waals surface area contributed by atoms with Gasteiger partial charge in [-0.15, -0.1) is 0 Å². The first kappa shape index (κ1) is 17.8. The van der Waals surface area contributed by atoms with Crippen LogP contribution in [0.15, 0.2) is 53.1 Å². The number of amides is 2. The molecule has 2 aromatic rings. The second-order valence-corrected chi connectivity index (χ2v) is 7.57. The zero-order chi connectivity index (χ0) is 19.2. The highest BCUT2D eigenvalue weighted by atomic mass is 32.2. The van der Waals surface area contributed by atoms with Crippen LogP contribution < -0.4 is 10.0 Å². The maximum Gasteiger partial charge on any atom is 0.301 e. The largest absolute Gasteiger partial charge is 0.502 e. The minimum atomic E-state index is -3.89. The summed E-state index contributed by atoms with van der Waals surface area (Å²) in [6, 6.07) is 10.1. The third-order valence-corrected chi connectivity index (χ3v) is 5.21. The van der Waals surface area contributed by atoms with Crippen LogP contribution in [0.25, 0.3) is 5.57 Å². The summed E-state index contributed by atoms with van der Waals surface area (Å²) in [6.45, 7) is 3.77. The van der Waals surface area contributed by atoms with Gasteiger partial charge in [-0.3, -0.25) is 9.59 Å². The summed E-state index contributed by atoms with van der Waals surface area (Å²) in [4.78, 5) is 25.8. The van der Waals surface area contributed by atoms with E-state index < -0.39 is 27.6 Å². The first-order valence-electron chi connectivity index (χ1n) is 7.64. The van der Waals surface area contributed by atoms with Gasteiger partial charge in [-0.25, -0.2) is 18.5 Å². The Balaban J connectivity index is 2.02. The fraction of sp³-hybridized carbons (Fsp3) is 0.111. The van der Waals surface area contributed by atoms with Crippen molar-refractivity contribution in [2.45, 2.75) is 18.7 Å². The number of primary sulfonamides is 1. The number of nitrogens with two attached hydrogens (primary N) is 1. The maximum absolute atomic E-state index is 12.7. The van der Waals surface area contributed by atoms with Gasteiger partial charge >= 0.3 is 5.91 Å². The predicted molar refractivity (Wildman–Crippen MR) is 95.8 cm³/mol. The number of rotatable bonds is 3. The van der Waals surface area contributed by atoms with Gasteiger partial charge in [0.25, 0.3) is 5.91 Å². The molecule has 0 saturated heterocycles. The van der Waals surface area contributed by atoms with E-state index in [0.29, 0.717) is 5.56 Å². The molecule has 3 rings (SSSR count). The molecule has 8 heteroatoms. The topological polar surface area (TPSA) is 118 Å². The third kappa shape index (κ3) is 2.89. The number of aliphatic hydroxyl groups excluding tert-OH is 1. The Labute approximate surface area is 150 Å². The van der Waals surface area contributed by atoms with E-state index in [4.69, 9.17) is 5.14 Å². The molecule has 134 valence electrons. The molecule has 0 saturated carbocycles. The molecule has 7 nitrogen and oxygen atoms in total. The lowest BCUT2D eigenvalue weighted by Crippen LogP contribution is -2.31. The van der Waals surface area contributed by atoms with Crippen LogP contribution in [0.1, 0.15) is 16.7 Å². The number of sulfonamides is 1. The molecule has 0 fully saturated rings. The highest BCUT2D eigenvalue weighted by Crippen LogP contribution is 2.32. The number of carbonyl (C=O) groups is 2. The van der Waals surface area contributed by atoms with Crippen LogP contribution >= 0.6 is 0 Å². The molecule has 0 unspecified atom stereocenters. The van der Waals surface area contributed by atoms with Gasteiger partial charge in [0, 0.05) is 0 Å². The molecule has 2 amide bonds. The Bertz CT molecular complexity index is 1070. The van der Waals surface area contributed by atoms with Crippen LogP contribution in [0.5, 0.6) is 0 Å². The number of carbonyl (C=O) groups excluding carboxylic acids is 2. The van der Waals surface area contributed by atoms with Crippen molar-refractivity contribution in [3.05, 3.63) is 64.9 Å². The van der Waals surface area contributed by atoms with Crippen molar-refractivity contribution in [2.75, 3.05) is 4.90 Å². The Kier molecular flexibility index (Phi) is 4.17. The number of hydrogen-bond donors (Lipinski definition) is 2. The van der Waals surface area contributed by atoms with Crippen molar-refractivity contribution >= 4 is 33.1 Å². The fourth-order valence-corrected chi connectivity index (χ4v) is 3.21. The van der Waals surface area contributed by atoms with E-state index in [0.717, 1.165) is 16.0 Å².